The van der Waals surface area contributed by atoms with Gasteiger partial charge in [-0.1, -0.05) is 83.9 Å². The summed E-state index contributed by atoms with van der Waals surface area (Å²) in [5.41, 5.74) is 1.04. The van der Waals surface area contributed by atoms with Crippen molar-refractivity contribution >= 4 is 23.2 Å². The molecule has 0 aliphatic carbocycles. The van der Waals surface area contributed by atoms with Crippen molar-refractivity contribution in [1.82, 2.24) is 0 Å². The minimum Gasteiger partial charge on any atom is -0.372 e. The monoisotopic (exact) mass is 326 g/mol. The first-order chi connectivity index (χ1) is 9.92. The van der Waals surface area contributed by atoms with Gasteiger partial charge in [-0.05, 0) is 0 Å². The molecule has 2 atom stereocenters. The van der Waals surface area contributed by atoms with E-state index in [4.69, 9.17) is 27.9 Å². The summed E-state index contributed by atoms with van der Waals surface area (Å²) < 4.78 is 5.31. The molecule has 2 aromatic rings. The standard InChI is InChI=1S/C16H16Cl2O3/c17-15(19,13-7-3-1-4-8-13)11-21-12-16(18,20)14-9-5-2-6-10-14/h1-10,19-20H,11-12H2. The van der Waals surface area contributed by atoms with Gasteiger partial charge in [-0.3, -0.25) is 0 Å². The molecule has 0 aliphatic rings. The Morgan fingerprint density at radius 1 is 0.714 bits per heavy atom. The Kier molecular flexibility index (Phi) is 5.25. The van der Waals surface area contributed by atoms with Gasteiger partial charge in [0.2, 0.25) is 0 Å². The first-order valence-electron chi connectivity index (χ1n) is 6.43. The van der Waals surface area contributed by atoms with Crippen LogP contribution in [-0.4, -0.2) is 23.4 Å². The van der Waals surface area contributed by atoms with Crippen molar-refractivity contribution in [3.63, 3.8) is 0 Å². The third-order valence-corrected chi connectivity index (χ3v) is 3.67. The quantitative estimate of drug-likeness (QED) is 0.801. The lowest BCUT2D eigenvalue weighted by atomic mass is 10.1. The molecular weight excluding hydrogens is 311 g/mol. The fourth-order valence-corrected chi connectivity index (χ4v) is 2.28. The molecule has 21 heavy (non-hydrogen) atoms. The Balaban J connectivity index is 1.95. The minimum atomic E-state index is -1.66. The molecule has 0 fully saturated rings. The van der Waals surface area contributed by atoms with Crippen LogP contribution in [0, 0.1) is 0 Å². The molecule has 0 amide bonds. The van der Waals surface area contributed by atoms with Crippen LogP contribution >= 0.6 is 23.2 Å². The summed E-state index contributed by atoms with van der Waals surface area (Å²) in [6.45, 7) is -0.388. The van der Waals surface area contributed by atoms with Gasteiger partial charge in [0.25, 0.3) is 0 Å². The summed E-state index contributed by atoms with van der Waals surface area (Å²) >= 11 is 12.1. The topological polar surface area (TPSA) is 49.7 Å². The molecule has 0 radical (unpaired) electrons. The Morgan fingerprint density at radius 3 is 1.38 bits per heavy atom. The highest BCUT2D eigenvalue weighted by Gasteiger charge is 2.30. The van der Waals surface area contributed by atoms with Crippen LogP contribution in [0.1, 0.15) is 11.1 Å². The molecule has 5 heteroatoms. The van der Waals surface area contributed by atoms with Gasteiger partial charge in [0, 0.05) is 11.1 Å². The van der Waals surface area contributed by atoms with E-state index in [1.54, 1.807) is 48.5 Å². The normalized spacial score (nSPS) is 17.0. The van der Waals surface area contributed by atoms with E-state index in [0.717, 1.165) is 0 Å². The van der Waals surface area contributed by atoms with E-state index >= 15 is 0 Å². The highest BCUT2D eigenvalue weighted by atomic mass is 35.5. The van der Waals surface area contributed by atoms with E-state index in [1.807, 2.05) is 12.1 Å². The summed E-state index contributed by atoms with van der Waals surface area (Å²) in [5, 5.41) is 17.0. The third kappa shape index (κ3) is 4.43. The number of benzene rings is 2. The molecule has 0 aliphatic heterocycles. The molecule has 3 nitrogen and oxygen atoms in total. The van der Waals surface area contributed by atoms with Gasteiger partial charge in [0.1, 0.15) is 0 Å². The molecule has 0 heterocycles. The van der Waals surface area contributed by atoms with Gasteiger partial charge >= 0.3 is 0 Å². The average Bonchev–Trinajstić information content (AvgIpc) is 2.49. The van der Waals surface area contributed by atoms with Gasteiger partial charge < -0.3 is 14.9 Å². The highest BCUT2D eigenvalue weighted by Crippen LogP contribution is 2.29. The van der Waals surface area contributed by atoms with Crippen LogP contribution in [-0.2, 0) is 14.9 Å². The third-order valence-electron chi connectivity index (χ3n) is 3.02. The number of hydrogen-bond acceptors (Lipinski definition) is 3. The van der Waals surface area contributed by atoms with Crippen LogP contribution in [0.25, 0.3) is 0 Å². The zero-order valence-corrected chi connectivity index (χ0v) is 12.8. The lowest BCUT2D eigenvalue weighted by Crippen LogP contribution is -2.30. The summed E-state index contributed by atoms with van der Waals surface area (Å²) in [6, 6.07) is 17.5. The second kappa shape index (κ2) is 6.77. The molecule has 0 aromatic heterocycles. The van der Waals surface area contributed by atoms with Crippen LogP contribution in [0.15, 0.2) is 60.7 Å². The van der Waals surface area contributed by atoms with Gasteiger partial charge in [-0.25, -0.2) is 0 Å². The fourth-order valence-electron chi connectivity index (χ4n) is 1.88. The molecule has 2 aromatic carbocycles. The Hall–Kier alpha value is -1.10. The van der Waals surface area contributed by atoms with Crippen molar-refractivity contribution in [3.8, 4) is 0 Å². The van der Waals surface area contributed by atoms with Crippen LogP contribution in [0.4, 0.5) is 0 Å². The SMILES string of the molecule is OC(Cl)(COCC(O)(Cl)c1ccccc1)c1ccccc1. The second-order valence-corrected chi connectivity index (χ2v) is 5.99. The maximum Gasteiger partial charge on any atom is 0.187 e. The maximum absolute atomic E-state index is 10.2. The molecule has 0 bridgehead atoms. The van der Waals surface area contributed by atoms with Crippen LogP contribution in [0.3, 0.4) is 0 Å². The van der Waals surface area contributed by atoms with Crippen molar-refractivity contribution in [3.05, 3.63) is 71.8 Å². The van der Waals surface area contributed by atoms with Crippen molar-refractivity contribution in [2.75, 3.05) is 13.2 Å². The molecule has 0 saturated heterocycles. The maximum atomic E-state index is 10.2. The van der Waals surface area contributed by atoms with Gasteiger partial charge in [-0.2, -0.15) is 0 Å². The highest BCUT2D eigenvalue weighted by molar-refractivity contribution is 6.23. The summed E-state index contributed by atoms with van der Waals surface area (Å²) in [4.78, 5) is 0. The average molecular weight is 327 g/mol. The van der Waals surface area contributed by atoms with Crippen LogP contribution in [0.2, 0.25) is 0 Å². The molecule has 0 saturated carbocycles. The van der Waals surface area contributed by atoms with Gasteiger partial charge in [0.05, 0.1) is 13.2 Å². The van der Waals surface area contributed by atoms with Crippen molar-refractivity contribution in [2.24, 2.45) is 0 Å². The number of halogens is 2. The summed E-state index contributed by atoms with van der Waals surface area (Å²) in [7, 11) is 0. The first-order valence-corrected chi connectivity index (χ1v) is 7.19. The van der Waals surface area contributed by atoms with E-state index in [2.05, 4.69) is 0 Å². The van der Waals surface area contributed by atoms with Crippen molar-refractivity contribution in [1.29, 1.82) is 0 Å². The zero-order chi connectivity index (χ0) is 15.3. The molecular formula is C16H16Cl2O3. The second-order valence-electron chi connectivity index (χ2n) is 4.74. The van der Waals surface area contributed by atoms with Crippen LogP contribution in [0.5, 0.6) is 0 Å². The Morgan fingerprint density at radius 2 is 1.05 bits per heavy atom. The van der Waals surface area contributed by atoms with E-state index < -0.39 is 10.1 Å². The van der Waals surface area contributed by atoms with Gasteiger partial charge in [0.15, 0.2) is 10.1 Å². The predicted octanol–water partition coefficient (Wildman–Crippen LogP) is 3.17. The summed E-state index contributed by atoms with van der Waals surface area (Å²) in [6.07, 6.45) is 0. The first kappa shape index (κ1) is 16.3. The van der Waals surface area contributed by atoms with Gasteiger partial charge in [-0.15, -0.1) is 0 Å². The summed E-state index contributed by atoms with van der Waals surface area (Å²) in [5.74, 6) is 0. The van der Waals surface area contributed by atoms with Crippen LogP contribution < -0.4 is 0 Å². The predicted molar refractivity (Wildman–Crippen MR) is 83.2 cm³/mol. The lowest BCUT2D eigenvalue weighted by molar-refractivity contribution is -0.0423. The molecule has 112 valence electrons. The molecule has 0 spiro atoms. The smallest absolute Gasteiger partial charge is 0.187 e. The van der Waals surface area contributed by atoms with E-state index in [9.17, 15) is 10.2 Å². The van der Waals surface area contributed by atoms with Crippen molar-refractivity contribution in [2.45, 2.75) is 10.1 Å². The Bertz CT molecular complexity index is 505. The lowest BCUT2D eigenvalue weighted by Gasteiger charge is -2.25. The Labute approximate surface area is 133 Å². The van der Waals surface area contributed by atoms with Crippen molar-refractivity contribution < 1.29 is 14.9 Å². The number of aliphatic hydroxyl groups is 2. The zero-order valence-electron chi connectivity index (χ0n) is 11.2. The number of hydrogen-bond donors (Lipinski definition) is 2. The molecule has 2 rings (SSSR count). The van der Waals surface area contributed by atoms with E-state index in [1.165, 1.54) is 0 Å². The number of alkyl halides is 2. The molecule has 2 N–H and O–H groups in total. The van der Waals surface area contributed by atoms with E-state index in [0.29, 0.717) is 11.1 Å². The van der Waals surface area contributed by atoms with E-state index in [-0.39, 0.29) is 13.2 Å². The largest absolute Gasteiger partial charge is 0.372 e. The minimum absolute atomic E-state index is 0.194. The number of ether oxygens (including phenoxy) is 1. The molecule has 2 unspecified atom stereocenters. The fraction of sp³-hybridized carbons (Fsp3) is 0.250. The number of rotatable bonds is 6.